The summed E-state index contributed by atoms with van der Waals surface area (Å²) in [5.74, 6) is 2.20. The number of anilines is 2. The van der Waals surface area contributed by atoms with E-state index in [1.807, 2.05) is 6.07 Å². The number of rotatable bonds is 6. The monoisotopic (exact) mass is 424 g/mol. The summed E-state index contributed by atoms with van der Waals surface area (Å²) in [5.41, 5.74) is 8.95. The molecule has 3 heterocycles. The van der Waals surface area contributed by atoms with Gasteiger partial charge in [-0.1, -0.05) is 0 Å². The first-order valence-corrected chi connectivity index (χ1v) is 10.3. The zero-order valence-electron chi connectivity index (χ0n) is 18.1. The molecular formula is C21H28N8O2. The number of ether oxygens (including phenoxy) is 2. The third-order valence-corrected chi connectivity index (χ3v) is 5.74. The van der Waals surface area contributed by atoms with Crippen LogP contribution in [0.5, 0.6) is 11.5 Å². The highest BCUT2D eigenvalue weighted by atomic mass is 16.5. The predicted molar refractivity (Wildman–Crippen MR) is 117 cm³/mol. The number of aromatic nitrogens is 2. The van der Waals surface area contributed by atoms with E-state index in [1.165, 1.54) is 6.20 Å². The molecule has 0 bridgehead atoms. The van der Waals surface area contributed by atoms with Gasteiger partial charge in [0.1, 0.15) is 23.4 Å². The SMILES string of the molecule is COc1cc(N2CCN(C)CC2)cc(OC)c1C1CC(Nc2cnc(C#N)cn2)NN1. The van der Waals surface area contributed by atoms with Crippen LogP contribution in [0.3, 0.4) is 0 Å². The number of piperazine rings is 1. The van der Waals surface area contributed by atoms with Gasteiger partial charge in [-0.2, -0.15) is 5.26 Å². The standard InChI is InChI=1S/C21H28N8O2/c1-28-4-6-29(7-5-28)15-8-17(30-2)21(18(9-15)31-3)16-10-19(27-26-16)25-20-13-23-14(11-22)12-24-20/h8-9,12-13,16,19,26-27H,4-7,10H2,1-3H3,(H,24,25). The van der Waals surface area contributed by atoms with Gasteiger partial charge in [0, 0.05) is 50.4 Å². The van der Waals surface area contributed by atoms with E-state index in [4.69, 9.17) is 14.7 Å². The smallest absolute Gasteiger partial charge is 0.158 e. The number of hydrogen-bond acceptors (Lipinski definition) is 10. The van der Waals surface area contributed by atoms with E-state index in [0.717, 1.165) is 55.3 Å². The minimum Gasteiger partial charge on any atom is -0.496 e. The number of methoxy groups -OCH3 is 2. The molecule has 0 amide bonds. The van der Waals surface area contributed by atoms with Crippen molar-refractivity contribution in [3.63, 3.8) is 0 Å². The van der Waals surface area contributed by atoms with Crippen molar-refractivity contribution in [1.82, 2.24) is 25.7 Å². The molecule has 164 valence electrons. The number of nitriles is 1. The van der Waals surface area contributed by atoms with Crippen molar-refractivity contribution in [2.45, 2.75) is 18.6 Å². The zero-order valence-corrected chi connectivity index (χ0v) is 18.1. The molecule has 2 aliphatic heterocycles. The lowest BCUT2D eigenvalue weighted by Gasteiger charge is -2.34. The van der Waals surface area contributed by atoms with E-state index >= 15 is 0 Å². The molecule has 2 aliphatic rings. The first kappa shape index (κ1) is 21.1. The van der Waals surface area contributed by atoms with Gasteiger partial charge in [-0.3, -0.25) is 0 Å². The van der Waals surface area contributed by atoms with E-state index in [-0.39, 0.29) is 17.9 Å². The first-order chi connectivity index (χ1) is 15.1. The van der Waals surface area contributed by atoms with Gasteiger partial charge in [-0.25, -0.2) is 20.8 Å². The maximum atomic E-state index is 8.86. The van der Waals surface area contributed by atoms with E-state index in [1.54, 1.807) is 20.4 Å². The topological polar surface area (TPSA) is 111 Å². The lowest BCUT2D eigenvalue weighted by atomic mass is 10.0. The minimum absolute atomic E-state index is 0.0183. The van der Waals surface area contributed by atoms with Crippen molar-refractivity contribution >= 4 is 11.5 Å². The number of hydrazine groups is 1. The van der Waals surface area contributed by atoms with Crippen molar-refractivity contribution in [1.29, 1.82) is 5.26 Å². The number of nitrogens with one attached hydrogen (secondary N) is 3. The van der Waals surface area contributed by atoms with Crippen LogP contribution in [-0.2, 0) is 0 Å². The molecule has 3 N–H and O–H groups in total. The molecule has 2 fully saturated rings. The van der Waals surface area contributed by atoms with E-state index in [0.29, 0.717) is 5.82 Å². The molecule has 2 unspecified atom stereocenters. The van der Waals surface area contributed by atoms with Crippen molar-refractivity contribution < 1.29 is 9.47 Å². The molecule has 10 nitrogen and oxygen atoms in total. The van der Waals surface area contributed by atoms with Gasteiger partial charge in [-0.15, -0.1) is 0 Å². The highest BCUT2D eigenvalue weighted by Crippen LogP contribution is 2.41. The summed E-state index contributed by atoms with van der Waals surface area (Å²) in [4.78, 5) is 13.0. The molecule has 10 heteroatoms. The Morgan fingerprint density at radius 1 is 1.06 bits per heavy atom. The molecule has 1 aromatic heterocycles. The Balaban J connectivity index is 1.51. The van der Waals surface area contributed by atoms with Crippen LogP contribution in [0.15, 0.2) is 24.5 Å². The summed E-state index contributed by atoms with van der Waals surface area (Å²) >= 11 is 0. The molecule has 1 aromatic carbocycles. The van der Waals surface area contributed by atoms with Gasteiger partial charge in [0.15, 0.2) is 5.69 Å². The van der Waals surface area contributed by atoms with Crippen molar-refractivity contribution in [2.24, 2.45) is 0 Å². The fraction of sp³-hybridized carbons (Fsp3) is 0.476. The number of benzene rings is 1. The quantitative estimate of drug-likeness (QED) is 0.623. The lowest BCUT2D eigenvalue weighted by Crippen LogP contribution is -2.44. The third-order valence-electron chi connectivity index (χ3n) is 5.74. The highest BCUT2D eigenvalue weighted by Gasteiger charge is 2.31. The molecule has 31 heavy (non-hydrogen) atoms. The average Bonchev–Trinajstić information content (AvgIpc) is 3.27. The normalized spacial score (nSPS) is 21.5. The Morgan fingerprint density at radius 3 is 2.35 bits per heavy atom. The second kappa shape index (κ2) is 9.34. The molecule has 2 atom stereocenters. The Labute approximate surface area is 182 Å². The Morgan fingerprint density at radius 2 is 1.77 bits per heavy atom. The minimum atomic E-state index is -0.0704. The summed E-state index contributed by atoms with van der Waals surface area (Å²) in [7, 11) is 5.53. The van der Waals surface area contributed by atoms with Crippen LogP contribution < -0.4 is 30.5 Å². The summed E-state index contributed by atoms with van der Waals surface area (Å²) in [6.45, 7) is 4.02. The van der Waals surface area contributed by atoms with Gasteiger partial charge in [0.05, 0.1) is 44.4 Å². The Hall–Kier alpha value is -3.13. The molecular weight excluding hydrogens is 396 g/mol. The van der Waals surface area contributed by atoms with E-state index in [2.05, 4.69) is 55.1 Å². The van der Waals surface area contributed by atoms with Crippen molar-refractivity contribution in [2.75, 3.05) is 57.7 Å². The summed E-state index contributed by atoms with van der Waals surface area (Å²) < 4.78 is 11.5. The molecule has 0 spiro atoms. The van der Waals surface area contributed by atoms with Crippen LogP contribution in [0, 0.1) is 11.3 Å². The van der Waals surface area contributed by atoms with Crippen LogP contribution in [0.25, 0.3) is 0 Å². The third kappa shape index (κ3) is 4.64. The van der Waals surface area contributed by atoms with Gasteiger partial charge >= 0.3 is 0 Å². The van der Waals surface area contributed by atoms with Crippen LogP contribution in [0.2, 0.25) is 0 Å². The fourth-order valence-corrected chi connectivity index (χ4v) is 3.99. The summed E-state index contributed by atoms with van der Waals surface area (Å²) in [6.07, 6.45) is 3.67. The lowest BCUT2D eigenvalue weighted by molar-refractivity contribution is 0.312. The number of nitrogens with zero attached hydrogens (tertiary/aromatic N) is 5. The van der Waals surface area contributed by atoms with Crippen LogP contribution in [0.1, 0.15) is 23.7 Å². The molecule has 0 saturated carbocycles. The number of likely N-dealkylation sites (N-methyl/N-ethyl adjacent to an activating group) is 1. The second-order valence-corrected chi connectivity index (χ2v) is 7.73. The predicted octanol–water partition coefficient (Wildman–Crippen LogP) is 1.09. The molecule has 0 radical (unpaired) electrons. The van der Waals surface area contributed by atoms with Gasteiger partial charge in [0.2, 0.25) is 0 Å². The molecule has 4 rings (SSSR count). The zero-order chi connectivity index (χ0) is 21.8. The van der Waals surface area contributed by atoms with Crippen LogP contribution in [-0.4, -0.2) is 68.5 Å². The van der Waals surface area contributed by atoms with E-state index in [9.17, 15) is 0 Å². The maximum absolute atomic E-state index is 8.86. The number of hydrogen-bond donors (Lipinski definition) is 3. The maximum Gasteiger partial charge on any atom is 0.158 e. The highest BCUT2D eigenvalue weighted by molar-refractivity contribution is 5.61. The summed E-state index contributed by atoms with van der Waals surface area (Å²) in [5, 5.41) is 12.1. The molecule has 2 saturated heterocycles. The molecule has 2 aromatic rings. The van der Waals surface area contributed by atoms with Gasteiger partial charge in [0.25, 0.3) is 0 Å². The van der Waals surface area contributed by atoms with Crippen molar-refractivity contribution in [3.8, 4) is 17.6 Å². The summed E-state index contributed by atoms with van der Waals surface area (Å²) in [6, 6.07) is 6.14. The Kier molecular flexibility index (Phi) is 6.36. The van der Waals surface area contributed by atoms with Crippen molar-refractivity contribution in [3.05, 3.63) is 35.8 Å². The first-order valence-electron chi connectivity index (χ1n) is 10.3. The second-order valence-electron chi connectivity index (χ2n) is 7.73. The largest absolute Gasteiger partial charge is 0.496 e. The molecule has 0 aliphatic carbocycles. The van der Waals surface area contributed by atoms with Crippen LogP contribution in [0.4, 0.5) is 11.5 Å². The van der Waals surface area contributed by atoms with Crippen LogP contribution >= 0.6 is 0 Å². The fourth-order valence-electron chi connectivity index (χ4n) is 3.99. The Bertz CT molecular complexity index is 912. The average molecular weight is 425 g/mol. The van der Waals surface area contributed by atoms with Gasteiger partial charge < -0.3 is 24.6 Å². The van der Waals surface area contributed by atoms with Gasteiger partial charge in [-0.05, 0) is 7.05 Å². The van der Waals surface area contributed by atoms with E-state index < -0.39 is 0 Å².